The van der Waals surface area contributed by atoms with Gasteiger partial charge in [0, 0.05) is 23.3 Å². The summed E-state index contributed by atoms with van der Waals surface area (Å²) in [5.41, 5.74) is -0.447. The van der Waals surface area contributed by atoms with E-state index in [4.69, 9.17) is 0 Å². The Kier molecular flexibility index (Phi) is 5.10. The van der Waals surface area contributed by atoms with Gasteiger partial charge in [-0.25, -0.2) is 4.39 Å². The van der Waals surface area contributed by atoms with Crippen LogP contribution in [0, 0.1) is 17.1 Å². The number of rotatable bonds is 3. The summed E-state index contributed by atoms with van der Waals surface area (Å²) in [6, 6.07) is 22.4. The molecule has 4 nitrogen and oxygen atoms in total. The number of nitriles is 1. The summed E-state index contributed by atoms with van der Waals surface area (Å²) in [7, 11) is 0. The van der Waals surface area contributed by atoms with E-state index < -0.39 is 23.5 Å². The molecule has 3 atom stereocenters. The summed E-state index contributed by atoms with van der Waals surface area (Å²) < 4.78 is 16.7. The lowest BCUT2D eigenvalue weighted by molar-refractivity contribution is -0.743. The van der Waals surface area contributed by atoms with Gasteiger partial charge in [0.2, 0.25) is 11.8 Å². The van der Waals surface area contributed by atoms with E-state index in [2.05, 4.69) is 24.0 Å². The fourth-order valence-corrected chi connectivity index (χ4v) is 4.32. The maximum absolute atomic E-state index is 14.9. The second-order valence-corrected chi connectivity index (χ2v) is 7.35. The van der Waals surface area contributed by atoms with Gasteiger partial charge < -0.3 is 10.4 Å². The molecule has 2 aromatic carbocycles. The highest BCUT2D eigenvalue weighted by molar-refractivity contribution is 7.84. The summed E-state index contributed by atoms with van der Waals surface area (Å²) in [5.74, 6) is -1.20. The maximum atomic E-state index is 14.9. The smallest absolute Gasteiger partial charge is 0.227 e. The monoisotopic (exact) mass is 404 g/mol. The Labute approximate surface area is 174 Å². The number of benzene rings is 2. The summed E-state index contributed by atoms with van der Waals surface area (Å²) in [5, 5.41) is 25.0. The van der Waals surface area contributed by atoms with Crippen molar-refractivity contribution in [3.8, 4) is 6.07 Å². The van der Waals surface area contributed by atoms with E-state index in [0.29, 0.717) is 11.1 Å². The predicted octanol–water partition coefficient (Wildman–Crippen LogP) is 3.55. The minimum atomic E-state index is -1.63. The summed E-state index contributed by atoms with van der Waals surface area (Å²) in [4.78, 5) is 0. The van der Waals surface area contributed by atoms with Crippen molar-refractivity contribution in [1.29, 1.82) is 5.26 Å². The van der Waals surface area contributed by atoms with E-state index in [0.717, 1.165) is 0 Å². The lowest BCUT2D eigenvalue weighted by atomic mass is 9.75. The number of allylic oxidation sites excluding steroid dienone is 1. The molecule has 0 saturated carbocycles. The molecule has 2 heterocycles. The minimum absolute atomic E-state index is 0.222. The van der Waals surface area contributed by atoms with Crippen LogP contribution in [0.2, 0.25) is 0 Å². The van der Waals surface area contributed by atoms with Crippen molar-refractivity contribution >= 4 is 12.6 Å². The Hall–Kier alpha value is -3.14. The van der Waals surface area contributed by atoms with Gasteiger partial charge in [-0.15, -0.1) is 12.6 Å². The van der Waals surface area contributed by atoms with Gasteiger partial charge in [-0.05, 0) is 6.07 Å². The number of aliphatic hydroxyl groups is 1. The van der Waals surface area contributed by atoms with Crippen LogP contribution in [0.25, 0.3) is 0 Å². The van der Waals surface area contributed by atoms with Crippen molar-refractivity contribution in [3.05, 3.63) is 113 Å². The maximum Gasteiger partial charge on any atom is 0.227 e. The first-order valence-electron chi connectivity index (χ1n) is 9.16. The van der Waals surface area contributed by atoms with Crippen molar-refractivity contribution < 1.29 is 14.1 Å². The molecular weight excluding hydrogens is 385 g/mol. The van der Waals surface area contributed by atoms with Crippen LogP contribution in [-0.2, 0) is 5.72 Å². The largest absolute Gasteiger partial charge is 0.362 e. The molecule has 0 amide bonds. The third-order valence-corrected chi connectivity index (χ3v) is 5.61. The van der Waals surface area contributed by atoms with Gasteiger partial charge in [0.15, 0.2) is 12.4 Å². The molecule has 0 fully saturated rings. The van der Waals surface area contributed by atoms with E-state index in [1.54, 1.807) is 47.3 Å². The van der Waals surface area contributed by atoms with Crippen LogP contribution in [-0.4, -0.2) is 5.11 Å². The number of hydrogen-bond donors (Lipinski definition) is 3. The van der Waals surface area contributed by atoms with E-state index in [-0.39, 0.29) is 10.6 Å². The molecule has 1 aliphatic rings. The Morgan fingerprint density at radius 2 is 1.62 bits per heavy atom. The van der Waals surface area contributed by atoms with Gasteiger partial charge in [-0.3, -0.25) is 0 Å². The molecule has 1 aliphatic heterocycles. The number of pyridine rings is 1. The fraction of sp³-hybridized carbons (Fsp3) is 0.130. The zero-order valence-corrected chi connectivity index (χ0v) is 16.3. The lowest BCUT2D eigenvalue weighted by Gasteiger charge is -2.42. The molecular formula is C23H19FN3OS+. The highest BCUT2D eigenvalue weighted by Gasteiger charge is 2.55. The molecule has 3 unspecified atom stereocenters. The number of aromatic nitrogens is 1. The van der Waals surface area contributed by atoms with Gasteiger partial charge in [0.25, 0.3) is 0 Å². The van der Waals surface area contributed by atoms with Gasteiger partial charge in [-0.2, -0.15) is 9.83 Å². The average Bonchev–Trinajstić information content (AvgIpc) is 2.75. The van der Waals surface area contributed by atoms with E-state index >= 15 is 0 Å². The van der Waals surface area contributed by atoms with Crippen LogP contribution in [0.1, 0.15) is 23.1 Å². The van der Waals surface area contributed by atoms with Gasteiger partial charge in [0.1, 0.15) is 5.82 Å². The van der Waals surface area contributed by atoms with Gasteiger partial charge in [-0.1, -0.05) is 54.6 Å². The zero-order chi connectivity index (χ0) is 20.4. The quantitative estimate of drug-likeness (QED) is 0.462. The molecule has 144 valence electrons. The van der Waals surface area contributed by atoms with Crippen LogP contribution in [0.4, 0.5) is 4.39 Å². The molecule has 2 N–H and O–H groups in total. The molecule has 1 aromatic heterocycles. The number of thiol groups is 1. The summed E-state index contributed by atoms with van der Waals surface area (Å²) >= 11 is 4.45. The van der Waals surface area contributed by atoms with Gasteiger partial charge >= 0.3 is 0 Å². The standard InChI is InChI=1S/C23H18FN3OS/c24-19-12-6-5-11-17(19)20-18(15-25)22(29)26-23(28,16-9-3-1-4-10-16)21(20)27-13-7-2-8-14-27/h1-14,20-21,26,28H/p+1. The molecule has 6 heteroatoms. The Morgan fingerprint density at radius 1 is 1.00 bits per heavy atom. The third kappa shape index (κ3) is 3.29. The van der Waals surface area contributed by atoms with E-state index in [1.165, 1.54) is 6.07 Å². The molecule has 0 aliphatic carbocycles. The predicted molar refractivity (Wildman–Crippen MR) is 110 cm³/mol. The number of nitrogens with one attached hydrogen (secondary N) is 1. The molecule has 0 bridgehead atoms. The van der Waals surface area contributed by atoms with Crippen molar-refractivity contribution in [3.63, 3.8) is 0 Å². The Balaban J connectivity index is 2.03. The zero-order valence-electron chi connectivity index (χ0n) is 15.4. The summed E-state index contributed by atoms with van der Waals surface area (Å²) in [6.07, 6.45) is 3.60. The first-order chi connectivity index (χ1) is 14.1. The highest BCUT2D eigenvalue weighted by atomic mass is 32.1. The topological polar surface area (TPSA) is 59.9 Å². The van der Waals surface area contributed by atoms with Gasteiger partial charge in [0.05, 0.1) is 22.6 Å². The van der Waals surface area contributed by atoms with Crippen LogP contribution >= 0.6 is 12.6 Å². The van der Waals surface area contributed by atoms with Crippen LogP contribution in [0.5, 0.6) is 0 Å². The first-order valence-corrected chi connectivity index (χ1v) is 9.60. The number of hydrogen-bond acceptors (Lipinski definition) is 4. The molecule has 0 spiro atoms. The van der Waals surface area contributed by atoms with E-state index in [9.17, 15) is 14.8 Å². The van der Waals surface area contributed by atoms with Crippen molar-refractivity contribution in [2.75, 3.05) is 0 Å². The number of nitrogens with zero attached hydrogens (tertiary/aromatic N) is 2. The van der Waals surface area contributed by atoms with Crippen LogP contribution in [0.3, 0.4) is 0 Å². The molecule has 29 heavy (non-hydrogen) atoms. The minimum Gasteiger partial charge on any atom is -0.362 e. The molecule has 4 rings (SSSR count). The Morgan fingerprint density at radius 3 is 2.28 bits per heavy atom. The molecule has 0 saturated heterocycles. The van der Waals surface area contributed by atoms with Crippen LogP contribution < -0.4 is 9.88 Å². The fourth-order valence-electron chi connectivity index (χ4n) is 3.96. The van der Waals surface area contributed by atoms with E-state index in [1.807, 2.05) is 36.4 Å². The first kappa shape index (κ1) is 19.2. The lowest BCUT2D eigenvalue weighted by Crippen LogP contribution is -2.62. The highest BCUT2D eigenvalue weighted by Crippen LogP contribution is 2.47. The number of halogens is 1. The van der Waals surface area contributed by atoms with Crippen molar-refractivity contribution in [2.45, 2.75) is 17.7 Å². The second kappa shape index (κ2) is 7.70. The Bertz CT molecular complexity index is 1100. The summed E-state index contributed by atoms with van der Waals surface area (Å²) in [6.45, 7) is 0. The molecule has 3 aromatic rings. The second-order valence-electron chi connectivity index (χ2n) is 6.90. The normalized spacial score (nSPS) is 23.9. The average molecular weight is 404 g/mol. The third-order valence-electron chi connectivity index (χ3n) is 5.25. The van der Waals surface area contributed by atoms with Crippen molar-refractivity contribution in [1.82, 2.24) is 5.32 Å². The molecule has 0 radical (unpaired) electrons. The van der Waals surface area contributed by atoms with Crippen LogP contribution in [0.15, 0.2) is 95.8 Å². The SMILES string of the molecule is N#CC1=C(S)NC(O)(c2ccccc2)C([n+]2ccccc2)C1c1ccccc1F. The van der Waals surface area contributed by atoms with Crippen molar-refractivity contribution in [2.24, 2.45) is 0 Å².